The Balaban J connectivity index is 2.30. The Kier molecular flexibility index (Phi) is 4.32. The van der Waals surface area contributed by atoms with E-state index < -0.39 is 0 Å². The lowest BCUT2D eigenvalue weighted by Gasteiger charge is -2.23. The van der Waals surface area contributed by atoms with Crippen LogP contribution in [0.3, 0.4) is 0 Å². The van der Waals surface area contributed by atoms with E-state index in [-0.39, 0.29) is 0 Å². The molecule has 2 rings (SSSR count). The van der Waals surface area contributed by atoms with Gasteiger partial charge in [0.2, 0.25) is 0 Å². The van der Waals surface area contributed by atoms with E-state index in [1.165, 1.54) is 0 Å². The summed E-state index contributed by atoms with van der Waals surface area (Å²) in [6, 6.07) is 5.91. The van der Waals surface area contributed by atoms with Crippen molar-refractivity contribution in [1.82, 2.24) is 15.2 Å². The highest BCUT2D eigenvalue weighted by Gasteiger charge is 2.14. The van der Waals surface area contributed by atoms with Crippen molar-refractivity contribution in [2.75, 3.05) is 11.4 Å². The molecular formula is C14H17ClN4. The molecule has 4 nitrogen and oxygen atoms in total. The zero-order chi connectivity index (χ0) is 13.8. The molecule has 0 spiro atoms. The Morgan fingerprint density at radius 2 is 1.95 bits per heavy atom. The molecule has 0 aliphatic carbocycles. The van der Waals surface area contributed by atoms with Crippen LogP contribution in [-0.4, -0.2) is 21.7 Å². The van der Waals surface area contributed by atoms with Gasteiger partial charge in [-0.2, -0.15) is 0 Å². The summed E-state index contributed by atoms with van der Waals surface area (Å²) in [5.41, 5.74) is 3.06. The maximum Gasteiger partial charge on any atom is 0.155 e. The Hall–Kier alpha value is -1.68. The van der Waals surface area contributed by atoms with E-state index in [1.807, 2.05) is 32.0 Å². The van der Waals surface area contributed by atoms with Crippen LogP contribution in [-0.2, 0) is 6.54 Å². The van der Waals surface area contributed by atoms with Crippen LogP contribution in [0.15, 0.2) is 24.4 Å². The molecule has 0 aliphatic rings. The van der Waals surface area contributed by atoms with Crippen LogP contribution in [0.1, 0.15) is 23.7 Å². The van der Waals surface area contributed by atoms with Crippen LogP contribution in [0, 0.1) is 13.8 Å². The molecular weight excluding hydrogens is 260 g/mol. The second-order valence-electron chi connectivity index (χ2n) is 4.40. The largest absolute Gasteiger partial charge is 0.349 e. The summed E-state index contributed by atoms with van der Waals surface area (Å²) >= 11 is 5.99. The first-order chi connectivity index (χ1) is 9.13. The molecule has 0 atom stereocenters. The van der Waals surface area contributed by atoms with Crippen LogP contribution in [0.5, 0.6) is 0 Å². The first kappa shape index (κ1) is 13.7. The topological polar surface area (TPSA) is 41.9 Å². The van der Waals surface area contributed by atoms with E-state index in [0.717, 1.165) is 29.2 Å². The van der Waals surface area contributed by atoms with Gasteiger partial charge in [0.15, 0.2) is 11.0 Å². The van der Waals surface area contributed by atoms with Crippen molar-refractivity contribution < 1.29 is 0 Å². The summed E-state index contributed by atoms with van der Waals surface area (Å²) in [4.78, 5) is 6.49. The minimum Gasteiger partial charge on any atom is -0.349 e. The molecule has 2 aromatic heterocycles. The fraction of sp³-hybridized carbons (Fsp3) is 0.357. The molecule has 100 valence electrons. The van der Waals surface area contributed by atoms with Gasteiger partial charge >= 0.3 is 0 Å². The van der Waals surface area contributed by atoms with Gasteiger partial charge in [0.1, 0.15) is 0 Å². The van der Waals surface area contributed by atoms with Gasteiger partial charge in [0, 0.05) is 12.7 Å². The lowest BCUT2D eigenvalue weighted by atomic mass is 10.2. The van der Waals surface area contributed by atoms with E-state index in [1.54, 1.807) is 6.20 Å². The third-order valence-corrected chi connectivity index (χ3v) is 3.56. The second-order valence-corrected chi connectivity index (χ2v) is 4.76. The first-order valence-corrected chi connectivity index (χ1v) is 6.65. The molecule has 2 heterocycles. The molecule has 5 heteroatoms. The smallest absolute Gasteiger partial charge is 0.155 e. The third-order valence-electron chi connectivity index (χ3n) is 3.20. The van der Waals surface area contributed by atoms with E-state index in [9.17, 15) is 0 Å². The number of anilines is 1. The molecule has 0 unspecified atom stereocenters. The highest BCUT2D eigenvalue weighted by atomic mass is 35.5. The van der Waals surface area contributed by atoms with Gasteiger partial charge in [-0.25, -0.2) is 0 Å². The molecule has 0 aliphatic heterocycles. The van der Waals surface area contributed by atoms with Crippen molar-refractivity contribution in [3.8, 4) is 0 Å². The molecule has 0 amide bonds. The summed E-state index contributed by atoms with van der Waals surface area (Å²) in [5.74, 6) is 0.870. The summed E-state index contributed by atoms with van der Waals surface area (Å²) < 4.78 is 0. The number of nitrogens with zero attached hydrogens (tertiary/aromatic N) is 4. The van der Waals surface area contributed by atoms with E-state index in [0.29, 0.717) is 11.7 Å². The Morgan fingerprint density at radius 3 is 2.58 bits per heavy atom. The lowest BCUT2D eigenvalue weighted by molar-refractivity contribution is 0.772. The quantitative estimate of drug-likeness (QED) is 0.860. The Morgan fingerprint density at radius 1 is 1.16 bits per heavy atom. The molecule has 19 heavy (non-hydrogen) atoms. The highest BCUT2D eigenvalue weighted by molar-refractivity contribution is 6.30. The average molecular weight is 277 g/mol. The highest BCUT2D eigenvalue weighted by Crippen LogP contribution is 2.24. The molecule has 2 aromatic rings. The van der Waals surface area contributed by atoms with Crippen molar-refractivity contribution in [3.05, 3.63) is 46.4 Å². The Bertz CT molecular complexity index is 557. The lowest BCUT2D eigenvalue weighted by Crippen LogP contribution is -2.25. The molecule has 0 bridgehead atoms. The van der Waals surface area contributed by atoms with Crippen LogP contribution in [0.4, 0.5) is 5.82 Å². The van der Waals surface area contributed by atoms with Crippen molar-refractivity contribution >= 4 is 17.4 Å². The molecule has 0 radical (unpaired) electrons. The van der Waals surface area contributed by atoms with Gasteiger partial charge in [0.05, 0.1) is 12.2 Å². The number of pyridine rings is 1. The predicted molar refractivity (Wildman–Crippen MR) is 77.5 cm³/mol. The number of rotatable bonds is 4. The van der Waals surface area contributed by atoms with Gasteiger partial charge < -0.3 is 4.90 Å². The van der Waals surface area contributed by atoms with Gasteiger partial charge in [-0.15, -0.1) is 10.2 Å². The number of aromatic nitrogens is 3. The molecule has 0 saturated carbocycles. The second kappa shape index (κ2) is 5.97. The molecule has 0 saturated heterocycles. The maximum absolute atomic E-state index is 5.99. The van der Waals surface area contributed by atoms with Crippen molar-refractivity contribution in [1.29, 1.82) is 0 Å². The van der Waals surface area contributed by atoms with Gasteiger partial charge in [-0.05, 0) is 44.0 Å². The summed E-state index contributed by atoms with van der Waals surface area (Å²) in [5, 5.41) is 8.69. The summed E-state index contributed by atoms with van der Waals surface area (Å²) in [6.45, 7) is 7.63. The van der Waals surface area contributed by atoms with E-state index >= 15 is 0 Å². The number of hydrogen-bond donors (Lipinski definition) is 0. The van der Waals surface area contributed by atoms with Crippen molar-refractivity contribution in [2.24, 2.45) is 0 Å². The molecule has 0 fully saturated rings. The number of halogens is 1. The predicted octanol–water partition coefficient (Wildman–Crippen LogP) is 3.17. The average Bonchev–Trinajstić information content (AvgIpc) is 2.44. The van der Waals surface area contributed by atoms with Crippen LogP contribution in [0.25, 0.3) is 0 Å². The maximum atomic E-state index is 5.99. The Labute approximate surface area is 118 Å². The van der Waals surface area contributed by atoms with Gasteiger partial charge in [-0.1, -0.05) is 17.7 Å². The molecule has 0 N–H and O–H groups in total. The summed E-state index contributed by atoms with van der Waals surface area (Å²) in [6.07, 6.45) is 1.80. The minimum absolute atomic E-state index is 0.468. The van der Waals surface area contributed by atoms with Gasteiger partial charge in [-0.3, -0.25) is 4.98 Å². The zero-order valence-corrected chi connectivity index (χ0v) is 12.1. The fourth-order valence-corrected chi connectivity index (χ4v) is 2.07. The minimum atomic E-state index is 0.468. The van der Waals surface area contributed by atoms with Crippen molar-refractivity contribution in [2.45, 2.75) is 27.3 Å². The monoisotopic (exact) mass is 276 g/mol. The van der Waals surface area contributed by atoms with E-state index in [4.69, 9.17) is 11.6 Å². The first-order valence-electron chi connectivity index (χ1n) is 6.27. The van der Waals surface area contributed by atoms with Gasteiger partial charge in [0.25, 0.3) is 0 Å². The zero-order valence-electron chi connectivity index (χ0n) is 11.4. The normalized spacial score (nSPS) is 10.5. The van der Waals surface area contributed by atoms with Crippen LogP contribution < -0.4 is 4.90 Å². The number of hydrogen-bond acceptors (Lipinski definition) is 4. The fourth-order valence-electron chi connectivity index (χ4n) is 1.89. The third kappa shape index (κ3) is 3.01. The van der Waals surface area contributed by atoms with E-state index in [2.05, 4.69) is 27.0 Å². The SMILES string of the molecule is CCN(Cc1ccccn1)c1nnc(Cl)c(C)c1C. The summed E-state index contributed by atoms with van der Waals surface area (Å²) in [7, 11) is 0. The standard InChI is InChI=1S/C14H17ClN4/c1-4-19(9-12-7-5-6-8-16-12)14-11(3)10(2)13(15)17-18-14/h5-8H,4,9H2,1-3H3. The van der Waals surface area contributed by atoms with Crippen LogP contribution in [0.2, 0.25) is 5.15 Å². The molecule has 0 aromatic carbocycles. The van der Waals surface area contributed by atoms with Crippen LogP contribution >= 0.6 is 11.6 Å². The van der Waals surface area contributed by atoms with Crippen molar-refractivity contribution in [3.63, 3.8) is 0 Å².